The van der Waals surface area contributed by atoms with Crippen LogP contribution in [0, 0.1) is 0 Å². The molecule has 0 radical (unpaired) electrons. The van der Waals surface area contributed by atoms with Crippen LogP contribution in [0.5, 0.6) is 0 Å². The average Bonchev–Trinajstić information content (AvgIpc) is 2.00. The normalized spacial score (nSPS) is 8.47. The molecule has 10 heteroatoms. The van der Waals surface area contributed by atoms with E-state index in [-0.39, 0.29) is 65.7 Å². The van der Waals surface area contributed by atoms with E-state index in [4.69, 9.17) is 35.7 Å². The average molecular weight is 269 g/mol. The van der Waals surface area contributed by atoms with Gasteiger partial charge in [0.2, 0.25) is 0 Å². The first kappa shape index (κ1) is 30.4. The van der Waals surface area contributed by atoms with Crippen molar-refractivity contribution in [3.8, 4) is 0 Å². The summed E-state index contributed by atoms with van der Waals surface area (Å²) in [5, 5.41) is 33.8. The maximum atomic E-state index is 9.60. The molecule has 0 heterocycles. The summed E-state index contributed by atoms with van der Waals surface area (Å²) in [7, 11) is 0. The predicted molar refractivity (Wildman–Crippen MR) is 44.1 cm³/mol. The van der Waals surface area contributed by atoms with E-state index in [1.165, 1.54) is 0 Å². The van der Waals surface area contributed by atoms with Crippen molar-refractivity contribution >= 4 is 17.9 Å². The molecule has 0 amide bonds. The van der Waals surface area contributed by atoms with Crippen molar-refractivity contribution in [3.63, 3.8) is 0 Å². The summed E-state index contributed by atoms with van der Waals surface area (Å²) in [5.41, 5.74) is 4.74. The van der Waals surface area contributed by atoms with Gasteiger partial charge in [-0.2, -0.15) is 0 Å². The number of carbonyl (C=O) groups is 3. The van der Waals surface area contributed by atoms with E-state index in [0.717, 1.165) is 13.8 Å². The zero-order valence-corrected chi connectivity index (χ0v) is 14.3. The van der Waals surface area contributed by atoms with Gasteiger partial charge < -0.3 is 35.7 Å². The zero-order valence-electron chi connectivity index (χ0n) is 10.3. The fourth-order valence-corrected chi connectivity index (χ4v) is 0.101. The molecule has 0 aliphatic heterocycles. The maximum Gasteiger partial charge on any atom is 1.00 e. The van der Waals surface area contributed by atoms with Gasteiger partial charge in [-0.05, 0) is 13.8 Å². The number of aliphatic hydroxyl groups is 1. The smallest absolute Gasteiger partial charge is 0.550 e. The number of hydrogen-bond acceptors (Lipinski definition) is 7. The Hall–Kier alpha value is 0.330. The van der Waals surface area contributed by atoms with Crippen LogP contribution in [0.1, 0.15) is 13.8 Å². The van der Waals surface area contributed by atoms with Crippen LogP contribution < -0.4 is 75.1 Å². The molecule has 4 N–H and O–H groups in total. The quantitative estimate of drug-likeness (QED) is 0.416. The number of carboxylic acid groups (broad SMARTS) is 3. The van der Waals surface area contributed by atoms with Crippen molar-refractivity contribution in [1.29, 1.82) is 0 Å². The first-order valence-electron chi connectivity index (χ1n) is 3.61. The Kier molecular flexibility index (Phi) is 38.6. The second-order valence-electron chi connectivity index (χ2n) is 2.07. The van der Waals surface area contributed by atoms with Gasteiger partial charge in [0.15, 0.2) is 6.10 Å². The number of aliphatic carboxylic acids is 3. The van der Waals surface area contributed by atoms with Crippen molar-refractivity contribution in [2.45, 2.75) is 20.0 Å². The Morgan fingerprint density at radius 2 is 1.29 bits per heavy atom. The summed E-state index contributed by atoms with van der Waals surface area (Å²) in [6.07, 6.45) is -1.40. The van der Waals surface area contributed by atoms with Crippen LogP contribution in [0.4, 0.5) is 0 Å². The number of hydrogen-bond donors (Lipinski definition) is 3. The Balaban J connectivity index is -0.0000000425. The molecule has 0 rings (SSSR count). The standard InChI is InChI=1S/C3H7NO3.2C2H4O2.2Na/c4-1-2(5)3(6)7;2*1-2(3)4;;/h2,5H,1,4H2,(H,6,7);2*1H3,(H,3,4);;/q;;;2*+1/p-2. The number of rotatable bonds is 2. The zero-order chi connectivity index (χ0) is 13.0. The molecule has 1 unspecified atom stereocenters. The molecule has 8 nitrogen and oxygen atoms in total. The molecule has 90 valence electrons. The molecule has 0 bridgehead atoms. The van der Waals surface area contributed by atoms with Crippen molar-refractivity contribution in [2.75, 3.05) is 6.54 Å². The van der Waals surface area contributed by atoms with Gasteiger partial charge in [-0.25, -0.2) is 4.79 Å². The van der Waals surface area contributed by atoms with Crippen molar-refractivity contribution in [1.82, 2.24) is 0 Å². The Morgan fingerprint density at radius 3 is 1.29 bits per heavy atom. The molecule has 0 spiro atoms. The SMILES string of the molecule is CC(=O)[O-].CC(=O)[O-].NCC(O)C(=O)O.[Na+].[Na+]. The van der Waals surface area contributed by atoms with Crippen LogP contribution in [-0.2, 0) is 14.4 Å². The van der Waals surface area contributed by atoms with E-state index in [1.807, 2.05) is 0 Å². The summed E-state index contributed by atoms with van der Waals surface area (Å²) in [5.74, 6) is -3.44. The van der Waals surface area contributed by atoms with Crippen LogP contribution in [0.15, 0.2) is 0 Å². The minimum atomic E-state index is -1.40. The summed E-state index contributed by atoms with van der Waals surface area (Å²) < 4.78 is 0. The van der Waals surface area contributed by atoms with Crippen molar-refractivity contribution < 1.29 is 93.9 Å². The minimum Gasteiger partial charge on any atom is -0.550 e. The van der Waals surface area contributed by atoms with E-state index >= 15 is 0 Å². The monoisotopic (exact) mass is 269 g/mol. The third-order valence-corrected chi connectivity index (χ3v) is 0.508. The molecule has 0 aliphatic rings. The van der Waals surface area contributed by atoms with E-state index in [0.29, 0.717) is 0 Å². The number of nitrogens with two attached hydrogens (primary N) is 1. The molecular formula is C7H13NNa2O7. The fraction of sp³-hybridized carbons (Fsp3) is 0.571. The van der Waals surface area contributed by atoms with Gasteiger partial charge in [0.05, 0.1) is 0 Å². The second kappa shape index (κ2) is 21.6. The van der Waals surface area contributed by atoms with Gasteiger partial charge in [-0.15, -0.1) is 0 Å². The van der Waals surface area contributed by atoms with Gasteiger partial charge in [-0.3, -0.25) is 0 Å². The van der Waals surface area contributed by atoms with Crippen LogP contribution in [0.2, 0.25) is 0 Å². The summed E-state index contributed by atoms with van der Waals surface area (Å²) in [6.45, 7) is 1.72. The molecule has 1 atom stereocenters. The van der Waals surface area contributed by atoms with Crippen molar-refractivity contribution in [3.05, 3.63) is 0 Å². The predicted octanol–water partition coefficient (Wildman–Crippen LogP) is -10.1. The second-order valence-corrected chi connectivity index (χ2v) is 2.07. The van der Waals surface area contributed by atoms with Gasteiger partial charge in [0, 0.05) is 18.5 Å². The van der Waals surface area contributed by atoms with Gasteiger partial charge in [0.25, 0.3) is 0 Å². The van der Waals surface area contributed by atoms with Crippen LogP contribution in [0.3, 0.4) is 0 Å². The number of aliphatic hydroxyl groups excluding tert-OH is 1. The molecule has 0 aromatic carbocycles. The van der Waals surface area contributed by atoms with Gasteiger partial charge >= 0.3 is 65.1 Å². The first-order valence-corrected chi connectivity index (χ1v) is 3.61. The molecule has 0 fully saturated rings. The Morgan fingerprint density at radius 1 is 1.12 bits per heavy atom. The third kappa shape index (κ3) is 83.7. The van der Waals surface area contributed by atoms with Crippen LogP contribution >= 0.6 is 0 Å². The molecule has 0 aromatic rings. The van der Waals surface area contributed by atoms with Crippen LogP contribution in [0.25, 0.3) is 0 Å². The Labute approximate surface area is 143 Å². The molecule has 17 heavy (non-hydrogen) atoms. The van der Waals surface area contributed by atoms with Gasteiger partial charge in [-0.1, -0.05) is 0 Å². The first-order chi connectivity index (χ1) is 6.64. The van der Waals surface area contributed by atoms with E-state index in [9.17, 15) is 4.79 Å². The fourth-order valence-electron chi connectivity index (χ4n) is 0.101. The molecular weight excluding hydrogens is 256 g/mol. The molecule has 0 saturated heterocycles. The third-order valence-electron chi connectivity index (χ3n) is 0.508. The van der Waals surface area contributed by atoms with E-state index < -0.39 is 24.0 Å². The molecule has 0 aromatic heterocycles. The summed E-state index contributed by atoms with van der Waals surface area (Å²) in [4.78, 5) is 27.4. The minimum absolute atomic E-state index is 0. The molecule has 0 saturated carbocycles. The van der Waals surface area contributed by atoms with Gasteiger partial charge in [0.1, 0.15) is 0 Å². The summed E-state index contributed by atoms with van der Waals surface area (Å²) in [6, 6.07) is 0. The van der Waals surface area contributed by atoms with E-state index in [2.05, 4.69) is 0 Å². The Bertz CT molecular complexity index is 192. The largest absolute Gasteiger partial charge is 1.00 e. The maximum absolute atomic E-state index is 9.60. The van der Waals surface area contributed by atoms with Crippen molar-refractivity contribution in [2.24, 2.45) is 5.73 Å². The number of carbonyl (C=O) groups excluding carboxylic acids is 2. The number of carboxylic acids is 3. The molecule has 0 aliphatic carbocycles. The van der Waals surface area contributed by atoms with E-state index in [1.54, 1.807) is 0 Å². The van der Waals surface area contributed by atoms with Crippen LogP contribution in [-0.4, -0.2) is 40.8 Å². The summed E-state index contributed by atoms with van der Waals surface area (Å²) >= 11 is 0. The topological polar surface area (TPSA) is 164 Å².